The van der Waals surface area contributed by atoms with Crippen molar-refractivity contribution in [1.82, 2.24) is 0 Å². The second-order valence-corrected chi connectivity index (χ2v) is 11.3. The van der Waals surface area contributed by atoms with Gasteiger partial charge in [-0.1, -0.05) is 0 Å². The standard InChI is InChI=1S/C19H32O2Se/c1-18(2)13-11-12-19(18,3)17(20)16(13)22-15-10-8-6-5-7-9-14(15)21-4/h13-16H,5-12H2,1-4H3/t13-,14?,15?,16+,19+/m1/s1. The summed E-state index contributed by atoms with van der Waals surface area (Å²) in [6, 6.07) is 0. The van der Waals surface area contributed by atoms with Crippen LogP contribution in [0, 0.1) is 16.7 Å². The first-order chi connectivity index (χ1) is 10.4. The Kier molecular flexibility index (Phi) is 4.80. The predicted molar refractivity (Wildman–Crippen MR) is 91.4 cm³/mol. The maximum absolute atomic E-state index is 13.1. The molecule has 126 valence electrons. The summed E-state index contributed by atoms with van der Waals surface area (Å²) >= 11 is 0.412. The Morgan fingerprint density at radius 3 is 2.32 bits per heavy atom. The van der Waals surface area contributed by atoms with Crippen molar-refractivity contribution in [3.63, 3.8) is 0 Å². The molecule has 5 atom stereocenters. The van der Waals surface area contributed by atoms with E-state index < -0.39 is 0 Å². The number of fused-ring (bicyclic) bond motifs is 2. The first-order valence-electron chi connectivity index (χ1n) is 9.14. The molecule has 3 aliphatic carbocycles. The van der Waals surface area contributed by atoms with E-state index in [1.54, 1.807) is 0 Å². The van der Waals surface area contributed by atoms with E-state index >= 15 is 0 Å². The zero-order valence-electron chi connectivity index (χ0n) is 14.7. The van der Waals surface area contributed by atoms with Crippen LogP contribution in [0.2, 0.25) is 9.63 Å². The first-order valence-corrected chi connectivity index (χ1v) is 11.1. The van der Waals surface area contributed by atoms with Crippen LogP contribution in [0.1, 0.15) is 72.1 Å². The number of hydrogen-bond donors (Lipinski definition) is 0. The van der Waals surface area contributed by atoms with Crippen LogP contribution in [0.25, 0.3) is 0 Å². The van der Waals surface area contributed by atoms with Crippen molar-refractivity contribution in [3.05, 3.63) is 0 Å². The zero-order chi connectivity index (χ0) is 16.0. The molecule has 0 saturated heterocycles. The van der Waals surface area contributed by atoms with Crippen molar-refractivity contribution < 1.29 is 9.53 Å². The van der Waals surface area contributed by atoms with E-state index in [0.717, 1.165) is 6.42 Å². The van der Waals surface area contributed by atoms with Crippen molar-refractivity contribution in [2.24, 2.45) is 16.7 Å². The third-order valence-corrected chi connectivity index (χ3v) is 10.9. The Labute approximate surface area is 142 Å². The molecule has 3 heteroatoms. The second-order valence-electron chi connectivity index (χ2n) is 8.42. The number of hydrogen-bond acceptors (Lipinski definition) is 2. The summed E-state index contributed by atoms with van der Waals surface area (Å²) in [5.74, 6) is 1.23. The van der Waals surface area contributed by atoms with Crippen molar-refractivity contribution in [2.45, 2.75) is 87.9 Å². The van der Waals surface area contributed by atoms with E-state index in [4.69, 9.17) is 4.74 Å². The summed E-state index contributed by atoms with van der Waals surface area (Å²) in [7, 11) is 1.88. The summed E-state index contributed by atoms with van der Waals surface area (Å²) in [6.07, 6.45) is 10.6. The predicted octanol–water partition coefficient (Wildman–Crippen LogP) is 4.66. The van der Waals surface area contributed by atoms with Crippen molar-refractivity contribution in [2.75, 3.05) is 7.11 Å². The molecule has 0 aromatic carbocycles. The molecule has 0 spiro atoms. The van der Waals surface area contributed by atoms with Crippen LogP contribution in [0.3, 0.4) is 0 Å². The summed E-state index contributed by atoms with van der Waals surface area (Å²) in [6.45, 7) is 6.95. The van der Waals surface area contributed by atoms with Gasteiger partial charge in [-0.15, -0.1) is 0 Å². The van der Waals surface area contributed by atoms with Crippen molar-refractivity contribution in [3.8, 4) is 0 Å². The van der Waals surface area contributed by atoms with Crippen LogP contribution in [0.15, 0.2) is 0 Å². The molecule has 2 unspecified atom stereocenters. The number of Topliss-reactive ketones (excluding diaryl/α,β-unsaturated/α-hetero) is 1. The van der Waals surface area contributed by atoms with Gasteiger partial charge in [0.25, 0.3) is 0 Å². The number of carbonyl (C=O) groups excluding carboxylic acids is 1. The monoisotopic (exact) mass is 372 g/mol. The van der Waals surface area contributed by atoms with Gasteiger partial charge in [0.05, 0.1) is 0 Å². The molecule has 2 nitrogen and oxygen atoms in total. The fourth-order valence-electron chi connectivity index (χ4n) is 5.19. The fraction of sp³-hybridized carbons (Fsp3) is 0.947. The van der Waals surface area contributed by atoms with Crippen LogP contribution >= 0.6 is 0 Å². The Bertz CT molecular complexity index is 433. The third-order valence-electron chi connectivity index (χ3n) is 7.24. The molecule has 0 aliphatic heterocycles. The van der Waals surface area contributed by atoms with Gasteiger partial charge in [-0.25, -0.2) is 0 Å². The molecule has 0 aromatic rings. The number of methoxy groups -OCH3 is 1. The molecule has 0 amide bonds. The van der Waals surface area contributed by atoms with Crippen molar-refractivity contribution >= 4 is 20.7 Å². The van der Waals surface area contributed by atoms with Crippen LogP contribution in [0.4, 0.5) is 0 Å². The average Bonchev–Trinajstić information content (AvgIpc) is 2.76. The Morgan fingerprint density at radius 1 is 1.05 bits per heavy atom. The summed E-state index contributed by atoms with van der Waals surface area (Å²) in [5.41, 5.74) is 0.162. The maximum atomic E-state index is 13.1. The molecule has 3 saturated carbocycles. The third kappa shape index (κ3) is 2.52. The van der Waals surface area contributed by atoms with Crippen molar-refractivity contribution in [1.29, 1.82) is 0 Å². The average molecular weight is 371 g/mol. The Morgan fingerprint density at radius 2 is 1.73 bits per heavy atom. The second kappa shape index (κ2) is 6.22. The van der Waals surface area contributed by atoms with Gasteiger partial charge in [0.15, 0.2) is 0 Å². The van der Waals surface area contributed by atoms with Crippen LogP contribution in [-0.4, -0.2) is 34.0 Å². The molecule has 3 fully saturated rings. The van der Waals surface area contributed by atoms with Gasteiger partial charge in [0.1, 0.15) is 0 Å². The Balaban J connectivity index is 1.76. The number of carbonyl (C=O) groups is 1. The molecular weight excluding hydrogens is 339 g/mol. The summed E-state index contributed by atoms with van der Waals surface area (Å²) in [4.78, 5) is 14.1. The van der Waals surface area contributed by atoms with E-state index in [1.165, 1.54) is 44.9 Å². The number of ketones is 1. The molecule has 3 rings (SSSR count). The minimum absolute atomic E-state index is 0.0474. The number of ether oxygens (including phenoxy) is 1. The quantitative estimate of drug-likeness (QED) is 0.675. The van der Waals surface area contributed by atoms with Gasteiger partial charge in [-0.3, -0.25) is 0 Å². The van der Waals surface area contributed by atoms with Gasteiger partial charge in [0.2, 0.25) is 0 Å². The van der Waals surface area contributed by atoms with Crippen LogP contribution < -0.4 is 0 Å². The molecular formula is C19H32O2Se. The summed E-state index contributed by atoms with van der Waals surface area (Å²) in [5, 5.41) is 0. The fourth-order valence-corrected chi connectivity index (χ4v) is 9.70. The SMILES string of the molecule is COC1CCCCCCC1[Se][C@@H]1C(=O)[C@]2(C)CC[C@H]1C2(C)C. The van der Waals surface area contributed by atoms with E-state index in [1.807, 2.05) is 7.11 Å². The first kappa shape index (κ1) is 17.0. The Hall–Kier alpha value is 0.149. The summed E-state index contributed by atoms with van der Waals surface area (Å²) < 4.78 is 5.85. The van der Waals surface area contributed by atoms with Gasteiger partial charge >= 0.3 is 142 Å². The molecule has 22 heavy (non-hydrogen) atoms. The van der Waals surface area contributed by atoms with Gasteiger partial charge < -0.3 is 0 Å². The van der Waals surface area contributed by atoms with E-state index in [9.17, 15) is 4.79 Å². The van der Waals surface area contributed by atoms with Crippen LogP contribution in [0.5, 0.6) is 0 Å². The van der Waals surface area contributed by atoms with Gasteiger partial charge in [0, 0.05) is 0 Å². The minimum atomic E-state index is -0.0474. The molecule has 3 aliphatic rings. The molecule has 0 radical (unpaired) electrons. The topological polar surface area (TPSA) is 26.3 Å². The molecule has 0 aromatic heterocycles. The normalized spacial score (nSPS) is 44.8. The molecule has 0 N–H and O–H groups in total. The van der Waals surface area contributed by atoms with Gasteiger partial charge in [-0.2, -0.15) is 0 Å². The van der Waals surface area contributed by atoms with Gasteiger partial charge in [-0.05, 0) is 0 Å². The zero-order valence-corrected chi connectivity index (χ0v) is 16.4. The van der Waals surface area contributed by atoms with Crippen LogP contribution in [-0.2, 0) is 9.53 Å². The molecule has 2 bridgehead atoms. The van der Waals surface area contributed by atoms with E-state index in [2.05, 4.69) is 20.8 Å². The molecule has 0 heterocycles. The number of rotatable bonds is 3. The van der Waals surface area contributed by atoms with E-state index in [-0.39, 0.29) is 10.8 Å². The van der Waals surface area contributed by atoms with E-state index in [0.29, 0.717) is 42.4 Å².